The third kappa shape index (κ3) is 6.47. The molecule has 41 heavy (non-hydrogen) atoms. The summed E-state index contributed by atoms with van der Waals surface area (Å²) in [5.74, 6) is -1.08. The van der Waals surface area contributed by atoms with Gasteiger partial charge in [0.05, 0.1) is 11.9 Å². The third-order valence-electron chi connectivity index (χ3n) is 7.42. The number of benzene rings is 3. The van der Waals surface area contributed by atoms with Crippen molar-refractivity contribution < 1.29 is 23.9 Å². The maximum absolute atomic E-state index is 13.7. The Hall–Kier alpha value is -4.08. The molecule has 1 fully saturated rings. The molecule has 4 atom stereocenters. The summed E-state index contributed by atoms with van der Waals surface area (Å²) in [7, 11) is 0. The average Bonchev–Trinajstić information content (AvgIpc) is 3.60. The lowest BCUT2D eigenvalue weighted by Crippen LogP contribution is -2.57. The molecule has 4 aromatic rings. The van der Waals surface area contributed by atoms with Crippen molar-refractivity contribution in [2.75, 3.05) is 5.88 Å². The molecule has 9 heteroatoms. The van der Waals surface area contributed by atoms with Crippen LogP contribution in [0.3, 0.4) is 0 Å². The number of furan rings is 1. The van der Waals surface area contributed by atoms with E-state index in [9.17, 15) is 19.5 Å². The van der Waals surface area contributed by atoms with Crippen LogP contribution in [0.1, 0.15) is 34.2 Å². The van der Waals surface area contributed by atoms with Crippen LogP contribution in [0.5, 0.6) is 0 Å². The molecular weight excluding hydrogens is 538 g/mol. The number of hydrogen-bond acceptors (Lipinski definition) is 6. The van der Waals surface area contributed by atoms with Crippen LogP contribution in [0, 0.1) is 6.92 Å². The molecule has 0 spiro atoms. The molecule has 1 aliphatic heterocycles. The van der Waals surface area contributed by atoms with Crippen LogP contribution in [-0.2, 0) is 22.6 Å². The first-order chi connectivity index (χ1) is 19.8. The summed E-state index contributed by atoms with van der Waals surface area (Å²) < 4.78 is 5.71. The van der Waals surface area contributed by atoms with E-state index in [-0.39, 0.29) is 29.2 Å². The number of rotatable bonds is 9. The molecule has 212 valence electrons. The number of aliphatic hydroxyl groups is 1. The van der Waals surface area contributed by atoms with Crippen LogP contribution in [0.4, 0.5) is 0 Å². The highest BCUT2D eigenvalue weighted by Gasteiger charge is 2.43. The topological polar surface area (TPSA) is 112 Å². The van der Waals surface area contributed by atoms with Gasteiger partial charge in [0.1, 0.15) is 11.6 Å². The van der Waals surface area contributed by atoms with Gasteiger partial charge in [-0.1, -0.05) is 79.7 Å². The molecule has 1 aliphatic rings. The van der Waals surface area contributed by atoms with Crippen LogP contribution >= 0.6 is 11.8 Å². The second kappa shape index (κ2) is 12.6. The van der Waals surface area contributed by atoms with Gasteiger partial charge in [0.2, 0.25) is 5.91 Å². The highest BCUT2D eigenvalue weighted by molar-refractivity contribution is 8.00. The molecule has 1 saturated heterocycles. The molecule has 3 amide bonds. The molecule has 5 rings (SSSR count). The van der Waals surface area contributed by atoms with Crippen molar-refractivity contribution in [3.63, 3.8) is 0 Å². The van der Waals surface area contributed by atoms with Crippen molar-refractivity contribution in [3.8, 4) is 0 Å². The van der Waals surface area contributed by atoms with Crippen LogP contribution in [0.15, 0.2) is 89.3 Å². The molecule has 2 heterocycles. The van der Waals surface area contributed by atoms with Crippen molar-refractivity contribution in [2.45, 2.75) is 50.3 Å². The number of aliphatic hydroxyl groups excluding tert-OH is 1. The highest BCUT2D eigenvalue weighted by atomic mass is 32.2. The monoisotopic (exact) mass is 571 g/mol. The quantitative estimate of drug-likeness (QED) is 0.280. The predicted molar refractivity (Wildman–Crippen MR) is 159 cm³/mol. The van der Waals surface area contributed by atoms with Crippen molar-refractivity contribution in [2.24, 2.45) is 0 Å². The van der Waals surface area contributed by atoms with E-state index in [1.807, 2.05) is 86.6 Å². The van der Waals surface area contributed by atoms with E-state index in [2.05, 4.69) is 10.6 Å². The normalized spacial score (nSPS) is 18.2. The number of amides is 3. The van der Waals surface area contributed by atoms with Crippen molar-refractivity contribution in [1.29, 1.82) is 0 Å². The Morgan fingerprint density at radius 3 is 2.49 bits per heavy atom. The number of nitrogens with zero attached hydrogens (tertiary/aromatic N) is 1. The van der Waals surface area contributed by atoms with E-state index in [0.717, 1.165) is 22.1 Å². The second-order valence-electron chi connectivity index (χ2n) is 10.3. The summed E-state index contributed by atoms with van der Waals surface area (Å²) in [6, 6.07) is 24.3. The van der Waals surface area contributed by atoms with Gasteiger partial charge >= 0.3 is 0 Å². The number of fused-ring (bicyclic) bond motifs is 1. The maximum atomic E-state index is 13.7. The fraction of sp³-hybridized carbons (Fsp3) is 0.281. The Morgan fingerprint density at radius 2 is 1.73 bits per heavy atom. The largest absolute Gasteiger partial charge is 0.451 e. The minimum Gasteiger partial charge on any atom is -0.451 e. The SMILES string of the molecule is Cc1ccccc1CNC(=O)[C@@H]1C(C)SCN1C(=O)[C@@H](O)[C@H](Cc1ccccc1)NC(=O)c1cc2ccccc2o1. The number of carbonyl (C=O) groups is 3. The van der Waals surface area contributed by atoms with E-state index >= 15 is 0 Å². The van der Waals surface area contributed by atoms with Crippen molar-refractivity contribution >= 4 is 40.5 Å². The van der Waals surface area contributed by atoms with Crippen LogP contribution in [-0.4, -0.2) is 57.0 Å². The third-order valence-corrected chi connectivity index (χ3v) is 8.63. The first kappa shape index (κ1) is 28.4. The van der Waals surface area contributed by atoms with Gasteiger partial charge in [0, 0.05) is 17.2 Å². The van der Waals surface area contributed by atoms with Crippen LogP contribution < -0.4 is 10.6 Å². The molecular formula is C32H33N3O5S. The highest BCUT2D eigenvalue weighted by Crippen LogP contribution is 2.30. The Morgan fingerprint density at radius 1 is 1.02 bits per heavy atom. The van der Waals surface area contributed by atoms with Gasteiger partial charge in [-0.15, -0.1) is 11.8 Å². The van der Waals surface area contributed by atoms with Gasteiger partial charge in [-0.25, -0.2) is 0 Å². The van der Waals surface area contributed by atoms with Gasteiger partial charge in [-0.3, -0.25) is 14.4 Å². The Bertz CT molecular complexity index is 1510. The minimum absolute atomic E-state index is 0.0859. The first-order valence-electron chi connectivity index (χ1n) is 13.6. The number of nitrogens with one attached hydrogen (secondary N) is 2. The van der Waals surface area contributed by atoms with Crippen molar-refractivity contribution in [1.82, 2.24) is 15.5 Å². The van der Waals surface area contributed by atoms with E-state index in [1.54, 1.807) is 12.1 Å². The summed E-state index contributed by atoms with van der Waals surface area (Å²) in [6.07, 6.45) is -1.37. The Balaban J connectivity index is 1.33. The van der Waals surface area contributed by atoms with Gasteiger partial charge in [-0.05, 0) is 42.2 Å². The van der Waals surface area contributed by atoms with E-state index in [4.69, 9.17) is 4.42 Å². The number of hydrogen-bond donors (Lipinski definition) is 3. The van der Waals surface area contributed by atoms with E-state index in [0.29, 0.717) is 12.1 Å². The minimum atomic E-state index is -1.58. The first-order valence-corrected chi connectivity index (χ1v) is 14.6. The van der Waals surface area contributed by atoms with Crippen molar-refractivity contribution in [3.05, 3.63) is 107 Å². The standard InChI is InChI=1S/C32H33N3O5S/c1-20-10-6-7-14-24(20)18-33-31(38)28-21(2)41-19-35(28)32(39)29(36)25(16-22-11-4-3-5-12-22)34-30(37)27-17-23-13-8-9-15-26(23)40-27/h3-15,17,21,25,28-29,36H,16,18-19H2,1-2H3,(H,33,38)(H,34,37)/t21?,25-,28-,29-/m0/s1. The summed E-state index contributed by atoms with van der Waals surface area (Å²) >= 11 is 1.47. The molecule has 1 unspecified atom stereocenters. The number of carbonyl (C=O) groups excluding carboxylic acids is 3. The zero-order chi connectivity index (χ0) is 28.9. The molecule has 3 aromatic carbocycles. The van der Waals surface area contributed by atoms with Crippen LogP contribution in [0.2, 0.25) is 0 Å². The number of thioether (sulfide) groups is 1. The molecule has 0 bridgehead atoms. The zero-order valence-corrected chi connectivity index (χ0v) is 23.8. The summed E-state index contributed by atoms with van der Waals surface area (Å²) in [6.45, 7) is 4.22. The van der Waals surface area contributed by atoms with Gasteiger partial charge in [-0.2, -0.15) is 0 Å². The molecule has 8 nitrogen and oxygen atoms in total. The number of para-hydroxylation sites is 1. The lowest BCUT2D eigenvalue weighted by atomic mass is 9.99. The smallest absolute Gasteiger partial charge is 0.287 e. The average molecular weight is 572 g/mol. The fourth-order valence-electron chi connectivity index (χ4n) is 5.06. The van der Waals surface area contributed by atoms with E-state index < -0.39 is 30.0 Å². The summed E-state index contributed by atoms with van der Waals surface area (Å²) in [5, 5.41) is 17.8. The summed E-state index contributed by atoms with van der Waals surface area (Å²) in [5.41, 5.74) is 3.46. The second-order valence-corrected chi connectivity index (χ2v) is 11.6. The molecule has 3 N–H and O–H groups in total. The Labute approximate surface area is 243 Å². The summed E-state index contributed by atoms with van der Waals surface area (Å²) in [4.78, 5) is 41.7. The number of aryl methyl sites for hydroxylation is 1. The van der Waals surface area contributed by atoms with Crippen LogP contribution in [0.25, 0.3) is 11.0 Å². The van der Waals surface area contributed by atoms with E-state index in [1.165, 1.54) is 16.7 Å². The lowest BCUT2D eigenvalue weighted by molar-refractivity contribution is -0.146. The van der Waals surface area contributed by atoms with Gasteiger partial charge in [0.15, 0.2) is 11.9 Å². The molecule has 1 aromatic heterocycles. The lowest BCUT2D eigenvalue weighted by Gasteiger charge is -2.30. The van der Waals surface area contributed by atoms with Gasteiger partial charge < -0.3 is 25.1 Å². The molecule has 0 aliphatic carbocycles. The Kier molecular flexibility index (Phi) is 8.75. The predicted octanol–water partition coefficient (Wildman–Crippen LogP) is 4.05. The maximum Gasteiger partial charge on any atom is 0.287 e. The fourth-order valence-corrected chi connectivity index (χ4v) is 6.19. The molecule has 0 saturated carbocycles. The zero-order valence-electron chi connectivity index (χ0n) is 22.9. The molecule has 0 radical (unpaired) electrons. The van der Waals surface area contributed by atoms with Gasteiger partial charge in [0.25, 0.3) is 11.8 Å².